The van der Waals surface area contributed by atoms with Gasteiger partial charge in [-0.15, -0.1) is 0 Å². The molecule has 0 bridgehead atoms. The van der Waals surface area contributed by atoms with Crippen molar-refractivity contribution < 1.29 is 34.3 Å². The molecule has 0 aliphatic carbocycles. The van der Waals surface area contributed by atoms with Crippen molar-refractivity contribution in [1.82, 2.24) is 0 Å². The van der Waals surface area contributed by atoms with Crippen LogP contribution >= 0.6 is 0 Å². The Morgan fingerprint density at radius 3 is 2.39 bits per heavy atom. The summed E-state index contributed by atoms with van der Waals surface area (Å²) in [7, 11) is 2.89. The quantitative estimate of drug-likeness (QED) is 0.626. The summed E-state index contributed by atoms with van der Waals surface area (Å²) >= 11 is 0. The smallest absolute Gasteiger partial charge is 0.165 e. The number of hydrogen-bond acceptors (Lipinski definition) is 7. The van der Waals surface area contributed by atoms with Crippen molar-refractivity contribution in [3.8, 4) is 23.0 Å². The largest absolute Gasteiger partial charge is 0.504 e. The molecule has 7 nitrogen and oxygen atoms in total. The summed E-state index contributed by atoms with van der Waals surface area (Å²) in [5.41, 5.74) is 1.27. The van der Waals surface area contributed by atoms with Crippen molar-refractivity contribution in [3.63, 3.8) is 0 Å². The van der Waals surface area contributed by atoms with Gasteiger partial charge < -0.3 is 29.5 Å². The molecule has 1 aliphatic rings. The van der Waals surface area contributed by atoms with Crippen LogP contribution in [0.2, 0.25) is 0 Å². The predicted molar refractivity (Wildman–Crippen MR) is 101 cm³/mol. The average molecular weight is 388 g/mol. The summed E-state index contributed by atoms with van der Waals surface area (Å²) in [6, 6.07) is 9.42. The number of ketones is 1. The summed E-state index contributed by atoms with van der Waals surface area (Å²) in [4.78, 5) is 12.5. The Kier molecular flexibility index (Phi) is 6.06. The van der Waals surface area contributed by atoms with Gasteiger partial charge in [-0.2, -0.15) is 0 Å². The third-order valence-corrected chi connectivity index (χ3v) is 4.90. The molecule has 0 aromatic heterocycles. The first kappa shape index (κ1) is 20.0. The SMILES string of the molecule is COc1cc(C[C@H]2O[C@H](CC(=O)c3ccc(O)c(OC)c3)C[C@H]2O)ccc1O. The number of aliphatic hydroxyl groups is 1. The van der Waals surface area contributed by atoms with Gasteiger partial charge in [0.25, 0.3) is 0 Å². The normalized spacial score (nSPS) is 21.5. The van der Waals surface area contributed by atoms with Crippen molar-refractivity contribution in [2.24, 2.45) is 0 Å². The number of benzene rings is 2. The lowest BCUT2D eigenvalue weighted by molar-refractivity contribution is 0.00931. The molecule has 3 N–H and O–H groups in total. The molecule has 3 rings (SSSR count). The van der Waals surface area contributed by atoms with E-state index in [-0.39, 0.29) is 29.5 Å². The van der Waals surface area contributed by atoms with E-state index < -0.39 is 18.3 Å². The number of aromatic hydroxyl groups is 2. The summed E-state index contributed by atoms with van der Waals surface area (Å²) in [5.74, 6) is 0.459. The lowest BCUT2D eigenvalue weighted by Gasteiger charge is -2.16. The van der Waals surface area contributed by atoms with Crippen LogP contribution in [0.5, 0.6) is 23.0 Å². The molecule has 0 amide bonds. The Morgan fingerprint density at radius 2 is 1.71 bits per heavy atom. The summed E-state index contributed by atoms with van der Waals surface area (Å²) in [5, 5.41) is 29.7. The molecule has 1 saturated heterocycles. The minimum Gasteiger partial charge on any atom is -0.504 e. The van der Waals surface area contributed by atoms with Gasteiger partial charge in [0.1, 0.15) is 0 Å². The van der Waals surface area contributed by atoms with Crippen LogP contribution in [-0.2, 0) is 11.2 Å². The molecule has 0 spiro atoms. The van der Waals surface area contributed by atoms with Crippen molar-refractivity contribution in [2.75, 3.05) is 14.2 Å². The first-order valence-electron chi connectivity index (χ1n) is 9.01. The molecule has 3 atom stereocenters. The van der Waals surface area contributed by atoms with Crippen LogP contribution in [0.3, 0.4) is 0 Å². The van der Waals surface area contributed by atoms with Gasteiger partial charge in [0.15, 0.2) is 28.8 Å². The Balaban J connectivity index is 1.62. The van der Waals surface area contributed by atoms with E-state index in [4.69, 9.17) is 14.2 Å². The summed E-state index contributed by atoms with van der Waals surface area (Å²) in [6.45, 7) is 0. The minimum atomic E-state index is -0.688. The molecule has 28 heavy (non-hydrogen) atoms. The highest BCUT2D eigenvalue weighted by Gasteiger charge is 2.35. The topological polar surface area (TPSA) is 105 Å². The Labute approximate surface area is 163 Å². The molecule has 0 unspecified atom stereocenters. The molecule has 0 radical (unpaired) electrons. The zero-order valence-electron chi connectivity index (χ0n) is 15.8. The fourth-order valence-electron chi connectivity index (χ4n) is 3.39. The number of rotatable bonds is 7. The van der Waals surface area contributed by atoms with E-state index >= 15 is 0 Å². The molecular formula is C21H24O7. The average Bonchev–Trinajstić information content (AvgIpc) is 3.02. The monoisotopic (exact) mass is 388 g/mol. The number of ether oxygens (including phenoxy) is 3. The first-order chi connectivity index (χ1) is 13.4. The second-order valence-corrected chi connectivity index (χ2v) is 6.82. The van der Waals surface area contributed by atoms with Crippen LogP contribution in [0.4, 0.5) is 0 Å². The van der Waals surface area contributed by atoms with Crippen molar-refractivity contribution in [3.05, 3.63) is 47.5 Å². The van der Waals surface area contributed by atoms with E-state index in [1.807, 2.05) is 0 Å². The molecule has 2 aromatic rings. The Morgan fingerprint density at radius 1 is 1.07 bits per heavy atom. The predicted octanol–water partition coefficient (Wildman–Crippen LogP) is 2.45. The maximum Gasteiger partial charge on any atom is 0.165 e. The third kappa shape index (κ3) is 4.37. The number of methoxy groups -OCH3 is 2. The zero-order chi connectivity index (χ0) is 20.3. The van der Waals surface area contributed by atoms with Crippen molar-refractivity contribution in [1.29, 1.82) is 0 Å². The molecule has 1 aliphatic heterocycles. The van der Waals surface area contributed by atoms with E-state index in [0.717, 1.165) is 5.56 Å². The molecule has 7 heteroatoms. The van der Waals surface area contributed by atoms with E-state index in [0.29, 0.717) is 24.2 Å². The molecule has 1 fully saturated rings. The second-order valence-electron chi connectivity index (χ2n) is 6.82. The van der Waals surface area contributed by atoms with Gasteiger partial charge in [-0.1, -0.05) is 6.07 Å². The maximum absolute atomic E-state index is 12.5. The van der Waals surface area contributed by atoms with E-state index in [1.54, 1.807) is 12.1 Å². The molecular weight excluding hydrogens is 364 g/mol. The van der Waals surface area contributed by atoms with Gasteiger partial charge in [-0.05, 0) is 35.9 Å². The molecule has 150 valence electrons. The Bertz CT molecular complexity index is 849. The number of phenolic OH excluding ortho intramolecular Hbond substituents is 2. The fraction of sp³-hybridized carbons (Fsp3) is 0.381. The molecule has 2 aromatic carbocycles. The number of phenols is 2. The van der Waals surface area contributed by atoms with Crippen LogP contribution in [0, 0.1) is 0 Å². The highest BCUT2D eigenvalue weighted by molar-refractivity contribution is 5.97. The fourth-order valence-corrected chi connectivity index (χ4v) is 3.39. The van der Waals surface area contributed by atoms with E-state index in [9.17, 15) is 20.1 Å². The van der Waals surface area contributed by atoms with Gasteiger partial charge in [0.05, 0.1) is 32.5 Å². The van der Waals surface area contributed by atoms with E-state index in [2.05, 4.69) is 0 Å². The summed E-state index contributed by atoms with van der Waals surface area (Å²) < 4.78 is 16.0. The number of carbonyl (C=O) groups is 1. The third-order valence-electron chi connectivity index (χ3n) is 4.90. The van der Waals surface area contributed by atoms with Crippen LogP contribution in [0.15, 0.2) is 36.4 Å². The summed E-state index contributed by atoms with van der Waals surface area (Å²) in [6.07, 6.45) is -0.601. The van der Waals surface area contributed by atoms with Gasteiger partial charge in [0, 0.05) is 24.8 Å². The van der Waals surface area contributed by atoms with Crippen molar-refractivity contribution >= 4 is 5.78 Å². The van der Waals surface area contributed by atoms with Crippen LogP contribution < -0.4 is 9.47 Å². The van der Waals surface area contributed by atoms with Crippen molar-refractivity contribution in [2.45, 2.75) is 37.6 Å². The van der Waals surface area contributed by atoms with Crippen LogP contribution in [0.25, 0.3) is 0 Å². The minimum absolute atomic E-state index is 0.0315. The standard InChI is InChI=1S/C21H24O7/c1-26-19-7-12(3-5-15(19)22)8-21-18(25)11-14(28-21)10-17(24)13-4-6-16(23)20(9-13)27-2/h3-7,9,14,18,21-23,25H,8,10-11H2,1-2H3/t14-,18-,21-/m1/s1. The number of hydrogen-bond donors (Lipinski definition) is 3. The van der Waals surface area contributed by atoms with Crippen LogP contribution in [-0.4, -0.2) is 53.6 Å². The van der Waals surface area contributed by atoms with Gasteiger partial charge in [-0.3, -0.25) is 4.79 Å². The Hall–Kier alpha value is -2.77. The van der Waals surface area contributed by atoms with E-state index in [1.165, 1.54) is 38.5 Å². The highest BCUT2D eigenvalue weighted by Crippen LogP contribution is 2.31. The first-order valence-corrected chi connectivity index (χ1v) is 9.01. The number of carbonyl (C=O) groups excluding carboxylic acids is 1. The lowest BCUT2D eigenvalue weighted by Crippen LogP contribution is -2.23. The number of Topliss-reactive ketones (excluding diaryl/α,β-unsaturated/α-hetero) is 1. The second kappa shape index (κ2) is 8.50. The molecule has 1 heterocycles. The molecule has 0 saturated carbocycles. The highest BCUT2D eigenvalue weighted by atomic mass is 16.5. The van der Waals surface area contributed by atoms with Gasteiger partial charge >= 0.3 is 0 Å². The van der Waals surface area contributed by atoms with Gasteiger partial charge in [-0.25, -0.2) is 0 Å². The number of aliphatic hydroxyl groups excluding tert-OH is 1. The van der Waals surface area contributed by atoms with Gasteiger partial charge in [0.2, 0.25) is 0 Å². The maximum atomic E-state index is 12.5. The van der Waals surface area contributed by atoms with Crippen LogP contribution in [0.1, 0.15) is 28.8 Å². The zero-order valence-corrected chi connectivity index (χ0v) is 15.8. The lowest BCUT2D eigenvalue weighted by atomic mass is 10.00.